The van der Waals surface area contributed by atoms with E-state index in [-0.39, 0.29) is 0 Å². The van der Waals surface area contributed by atoms with E-state index in [0.29, 0.717) is 18.2 Å². The summed E-state index contributed by atoms with van der Waals surface area (Å²) in [4.78, 5) is 8.81. The Bertz CT molecular complexity index is 567. The van der Waals surface area contributed by atoms with Crippen molar-refractivity contribution in [3.63, 3.8) is 0 Å². The van der Waals surface area contributed by atoms with Crippen molar-refractivity contribution in [2.75, 3.05) is 12.0 Å². The van der Waals surface area contributed by atoms with Gasteiger partial charge in [-0.3, -0.25) is 4.21 Å². The largest absolute Gasteiger partial charge is 0.311 e. The Kier molecular flexibility index (Phi) is 3.79. The Balaban J connectivity index is 2.47. The zero-order chi connectivity index (χ0) is 12.4. The number of fused-ring (bicyclic) bond motifs is 1. The first-order valence-corrected chi connectivity index (χ1v) is 7.55. The van der Waals surface area contributed by atoms with Gasteiger partial charge in [0.1, 0.15) is 11.3 Å². The van der Waals surface area contributed by atoms with Crippen molar-refractivity contribution in [1.82, 2.24) is 14.5 Å². The van der Waals surface area contributed by atoms with Crippen LogP contribution in [0.4, 0.5) is 0 Å². The first-order chi connectivity index (χ1) is 8.11. The number of halogens is 1. The molecule has 0 aromatic carbocycles. The highest BCUT2D eigenvalue weighted by atomic mass is 35.5. The lowest BCUT2D eigenvalue weighted by molar-refractivity contribution is 0.675. The molecule has 2 aromatic rings. The summed E-state index contributed by atoms with van der Waals surface area (Å²) in [5.41, 5.74) is 2.74. The predicted octanol–water partition coefficient (Wildman–Crippen LogP) is 1.86. The summed E-state index contributed by atoms with van der Waals surface area (Å²) in [6.07, 6.45) is 3.50. The van der Waals surface area contributed by atoms with E-state index in [4.69, 9.17) is 11.6 Å². The Hall–Kier alpha value is -0.940. The number of hydrogen-bond donors (Lipinski definition) is 0. The standard InChI is InChI=1S/C11H14ClN3OS/c1-8-5-9-11(13-7-8)15(3-4-17(2)16)10(6-12)14-9/h5,7H,3-4,6H2,1-2H3. The molecule has 0 aliphatic heterocycles. The number of aryl methyl sites for hydroxylation is 2. The van der Waals surface area contributed by atoms with Gasteiger partial charge < -0.3 is 4.57 Å². The van der Waals surface area contributed by atoms with Crippen LogP contribution in [0.1, 0.15) is 11.4 Å². The van der Waals surface area contributed by atoms with Crippen LogP contribution < -0.4 is 0 Å². The van der Waals surface area contributed by atoms with Crippen LogP contribution in [0.25, 0.3) is 11.2 Å². The molecule has 1 atom stereocenters. The SMILES string of the molecule is Cc1cnc2c(c1)nc(CCl)n2CCS(C)=O. The molecule has 0 spiro atoms. The number of alkyl halides is 1. The molecule has 0 bridgehead atoms. The second kappa shape index (κ2) is 5.14. The highest BCUT2D eigenvalue weighted by Gasteiger charge is 2.11. The lowest BCUT2D eigenvalue weighted by Crippen LogP contribution is -2.09. The van der Waals surface area contributed by atoms with Crippen LogP contribution in [-0.4, -0.2) is 30.8 Å². The average molecular weight is 272 g/mol. The molecule has 0 N–H and O–H groups in total. The summed E-state index contributed by atoms with van der Waals surface area (Å²) in [7, 11) is -0.827. The van der Waals surface area contributed by atoms with Gasteiger partial charge in [0, 0.05) is 35.5 Å². The number of pyridine rings is 1. The minimum atomic E-state index is -0.827. The Morgan fingerprint density at radius 1 is 1.53 bits per heavy atom. The van der Waals surface area contributed by atoms with E-state index in [0.717, 1.165) is 22.6 Å². The van der Waals surface area contributed by atoms with Crippen LogP contribution in [0.5, 0.6) is 0 Å². The molecular weight excluding hydrogens is 258 g/mol. The van der Waals surface area contributed by atoms with E-state index in [1.807, 2.05) is 17.6 Å². The Morgan fingerprint density at radius 2 is 2.29 bits per heavy atom. The molecule has 0 radical (unpaired) electrons. The van der Waals surface area contributed by atoms with Crippen molar-refractivity contribution in [1.29, 1.82) is 0 Å². The normalized spacial score (nSPS) is 13.1. The van der Waals surface area contributed by atoms with Gasteiger partial charge in [-0.05, 0) is 18.6 Å². The summed E-state index contributed by atoms with van der Waals surface area (Å²) in [6.45, 7) is 2.62. The molecule has 1 unspecified atom stereocenters. The summed E-state index contributed by atoms with van der Waals surface area (Å²) in [5, 5.41) is 0. The second-order valence-electron chi connectivity index (χ2n) is 3.95. The highest BCUT2D eigenvalue weighted by Crippen LogP contribution is 2.16. The third-order valence-electron chi connectivity index (χ3n) is 2.52. The first kappa shape index (κ1) is 12.5. The highest BCUT2D eigenvalue weighted by molar-refractivity contribution is 7.84. The number of imidazole rings is 1. The summed E-state index contributed by atoms with van der Waals surface area (Å²) < 4.78 is 13.1. The molecule has 0 fully saturated rings. The van der Waals surface area contributed by atoms with Crippen molar-refractivity contribution in [3.8, 4) is 0 Å². The van der Waals surface area contributed by atoms with Crippen molar-refractivity contribution < 1.29 is 4.21 Å². The summed E-state index contributed by atoms with van der Waals surface area (Å²) in [6, 6.07) is 1.98. The van der Waals surface area contributed by atoms with Gasteiger partial charge in [-0.1, -0.05) is 0 Å². The van der Waals surface area contributed by atoms with E-state index >= 15 is 0 Å². The number of rotatable bonds is 4. The fraction of sp³-hybridized carbons (Fsp3) is 0.455. The minimum Gasteiger partial charge on any atom is -0.311 e. The predicted molar refractivity (Wildman–Crippen MR) is 70.8 cm³/mol. The van der Waals surface area contributed by atoms with Gasteiger partial charge in [-0.2, -0.15) is 0 Å². The number of aromatic nitrogens is 3. The smallest absolute Gasteiger partial charge is 0.160 e. The van der Waals surface area contributed by atoms with Crippen LogP contribution in [0, 0.1) is 6.92 Å². The molecule has 0 aliphatic carbocycles. The van der Waals surface area contributed by atoms with E-state index in [2.05, 4.69) is 9.97 Å². The molecule has 92 valence electrons. The zero-order valence-electron chi connectivity index (χ0n) is 9.81. The van der Waals surface area contributed by atoms with Gasteiger partial charge in [0.05, 0.1) is 5.88 Å². The second-order valence-corrected chi connectivity index (χ2v) is 5.77. The van der Waals surface area contributed by atoms with Gasteiger partial charge in [-0.15, -0.1) is 11.6 Å². The maximum atomic E-state index is 11.2. The molecular formula is C11H14ClN3OS. The lowest BCUT2D eigenvalue weighted by atomic mass is 10.3. The maximum absolute atomic E-state index is 11.2. The molecule has 0 saturated heterocycles. The van der Waals surface area contributed by atoms with Crippen LogP contribution in [0.2, 0.25) is 0 Å². The molecule has 0 amide bonds. The fourth-order valence-corrected chi connectivity index (χ4v) is 2.36. The van der Waals surface area contributed by atoms with Crippen molar-refractivity contribution in [2.24, 2.45) is 0 Å². The third kappa shape index (κ3) is 2.66. The van der Waals surface area contributed by atoms with Crippen LogP contribution in [0.3, 0.4) is 0 Å². The molecule has 6 heteroatoms. The van der Waals surface area contributed by atoms with Gasteiger partial charge in [-0.25, -0.2) is 9.97 Å². The molecule has 17 heavy (non-hydrogen) atoms. The quantitative estimate of drug-likeness (QED) is 0.798. The van der Waals surface area contributed by atoms with Crippen LogP contribution in [0.15, 0.2) is 12.3 Å². The van der Waals surface area contributed by atoms with Gasteiger partial charge in [0.15, 0.2) is 5.65 Å². The average Bonchev–Trinajstić information content (AvgIpc) is 2.63. The number of nitrogens with zero attached hydrogens (tertiary/aromatic N) is 3. The Labute approximate surface area is 107 Å². The van der Waals surface area contributed by atoms with Crippen molar-refractivity contribution in [2.45, 2.75) is 19.3 Å². The molecule has 4 nitrogen and oxygen atoms in total. The van der Waals surface area contributed by atoms with Gasteiger partial charge in [0.25, 0.3) is 0 Å². The maximum Gasteiger partial charge on any atom is 0.160 e. The third-order valence-corrected chi connectivity index (χ3v) is 3.52. The van der Waals surface area contributed by atoms with Gasteiger partial charge >= 0.3 is 0 Å². The van der Waals surface area contributed by atoms with E-state index < -0.39 is 10.8 Å². The van der Waals surface area contributed by atoms with E-state index in [9.17, 15) is 4.21 Å². The van der Waals surface area contributed by atoms with Crippen LogP contribution in [-0.2, 0) is 23.2 Å². The van der Waals surface area contributed by atoms with E-state index in [1.165, 1.54) is 0 Å². The van der Waals surface area contributed by atoms with Crippen LogP contribution >= 0.6 is 11.6 Å². The van der Waals surface area contributed by atoms with Gasteiger partial charge in [0.2, 0.25) is 0 Å². The number of hydrogen-bond acceptors (Lipinski definition) is 3. The molecule has 0 saturated carbocycles. The Morgan fingerprint density at radius 3 is 2.94 bits per heavy atom. The van der Waals surface area contributed by atoms with E-state index in [1.54, 1.807) is 12.5 Å². The lowest BCUT2D eigenvalue weighted by Gasteiger charge is -2.05. The fourth-order valence-electron chi connectivity index (χ4n) is 1.72. The van der Waals surface area contributed by atoms with Crippen molar-refractivity contribution >= 4 is 33.6 Å². The molecule has 2 aromatic heterocycles. The first-order valence-electron chi connectivity index (χ1n) is 5.29. The topological polar surface area (TPSA) is 47.8 Å². The monoisotopic (exact) mass is 271 g/mol. The molecule has 2 rings (SSSR count). The minimum absolute atomic E-state index is 0.339. The summed E-state index contributed by atoms with van der Waals surface area (Å²) >= 11 is 5.87. The summed E-state index contributed by atoms with van der Waals surface area (Å²) in [5.74, 6) is 1.71. The van der Waals surface area contributed by atoms with Crippen molar-refractivity contribution in [3.05, 3.63) is 23.7 Å². The molecule has 2 heterocycles. The zero-order valence-corrected chi connectivity index (χ0v) is 11.4. The molecule has 0 aliphatic rings.